The highest BCUT2D eigenvalue weighted by Gasteiger charge is 2.26. The molecule has 2 heterocycles. The zero-order valence-corrected chi connectivity index (χ0v) is 16.6. The average molecular weight is 391 g/mol. The van der Waals surface area contributed by atoms with Crippen molar-refractivity contribution in [2.45, 2.75) is 25.3 Å². The van der Waals surface area contributed by atoms with Crippen LogP contribution >= 0.6 is 11.3 Å². The van der Waals surface area contributed by atoms with Crippen LogP contribution in [0.25, 0.3) is 0 Å². The summed E-state index contributed by atoms with van der Waals surface area (Å²) in [6, 6.07) is 9.64. The molecule has 1 aromatic heterocycles. The molecule has 27 heavy (non-hydrogen) atoms. The summed E-state index contributed by atoms with van der Waals surface area (Å²) in [5, 5.41) is 5.08. The maximum atomic E-state index is 13.0. The van der Waals surface area contributed by atoms with Gasteiger partial charge in [0.1, 0.15) is 0 Å². The number of ether oxygens (including phenoxy) is 3. The molecule has 146 valence electrons. The topological polar surface area (TPSA) is 60.0 Å². The number of benzene rings is 1. The molecule has 0 radical (unpaired) electrons. The van der Waals surface area contributed by atoms with E-state index in [2.05, 4.69) is 16.8 Å². The second kappa shape index (κ2) is 9.62. The highest BCUT2D eigenvalue weighted by molar-refractivity contribution is 7.09. The second-order valence-electron chi connectivity index (χ2n) is 6.37. The van der Waals surface area contributed by atoms with E-state index in [1.54, 1.807) is 37.7 Å². The van der Waals surface area contributed by atoms with Gasteiger partial charge in [-0.15, -0.1) is 11.3 Å². The smallest absolute Gasteiger partial charge is 0.322 e. The largest absolute Gasteiger partial charge is 0.493 e. The third-order valence-electron chi connectivity index (χ3n) is 4.71. The molecule has 6 nitrogen and oxygen atoms in total. The van der Waals surface area contributed by atoms with Gasteiger partial charge >= 0.3 is 6.03 Å². The number of methoxy groups -OCH3 is 2. The van der Waals surface area contributed by atoms with Crippen molar-refractivity contribution in [3.63, 3.8) is 0 Å². The molecule has 0 bridgehead atoms. The third kappa shape index (κ3) is 5.14. The lowest BCUT2D eigenvalue weighted by Gasteiger charge is -2.34. The summed E-state index contributed by atoms with van der Waals surface area (Å²) in [5.74, 6) is 1.22. The number of rotatable bonds is 7. The van der Waals surface area contributed by atoms with Crippen LogP contribution in [-0.4, -0.2) is 51.0 Å². The number of anilines is 1. The van der Waals surface area contributed by atoms with E-state index in [-0.39, 0.29) is 12.1 Å². The maximum absolute atomic E-state index is 13.0. The van der Waals surface area contributed by atoms with E-state index in [1.807, 2.05) is 17.0 Å². The van der Waals surface area contributed by atoms with Crippen molar-refractivity contribution < 1.29 is 19.0 Å². The van der Waals surface area contributed by atoms with Crippen LogP contribution in [0, 0.1) is 0 Å². The van der Waals surface area contributed by atoms with Gasteiger partial charge in [0, 0.05) is 42.4 Å². The van der Waals surface area contributed by atoms with Crippen molar-refractivity contribution in [2.75, 3.05) is 39.3 Å². The first-order valence-electron chi connectivity index (χ1n) is 9.11. The molecule has 1 aliphatic heterocycles. The Morgan fingerprint density at radius 3 is 2.67 bits per heavy atom. The van der Waals surface area contributed by atoms with Crippen molar-refractivity contribution >= 4 is 23.1 Å². The number of thiophene rings is 1. The van der Waals surface area contributed by atoms with Crippen molar-refractivity contribution in [3.05, 3.63) is 40.6 Å². The molecule has 1 saturated heterocycles. The van der Waals surface area contributed by atoms with Gasteiger partial charge in [0.25, 0.3) is 0 Å². The highest BCUT2D eigenvalue weighted by atomic mass is 32.1. The summed E-state index contributed by atoms with van der Waals surface area (Å²) in [6.07, 6.45) is 2.59. The van der Waals surface area contributed by atoms with Crippen LogP contribution in [0.2, 0.25) is 0 Å². The Morgan fingerprint density at radius 1 is 1.22 bits per heavy atom. The van der Waals surface area contributed by atoms with Gasteiger partial charge in [-0.1, -0.05) is 6.07 Å². The number of amides is 2. The van der Waals surface area contributed by atoms with Crippen LogP contribution in [0.15, 0.2) is 35.7 Å². The summed E-state index contributed by atoms with van der Waals surface area (Å²) in [7, 11) is 3.17. The van der Waals surface area contributed by atoms with Gasteiger partial charge in [-0.05, 0) is 42.8 Å². The van der Waals surface area contributed by atoms with E-state index in [0.717, 1.165) is 19.3 Å². The molecule has 7 heteroatoms. The van der Waals surface area contributed by atoms with E-state index in [1.165, 1.54) is 4.88 Å². The molecule has 1 aromatic carbocycles. The van der Waals surface area contributed by atoms with Crippen molar-refractivity contribution in [1.29, 1.82) is 0 Å². The number of hydrogen-bond acceptors (Lipinski definition) is 5. The molecule has 1 aliphatic rings. The summed E-state index contributed by atoms with van der Waals surface area (Å²) >= 11 is 1.72. The first-order chi connectivity index (χ1) is 13.2. The van der Waals surface area contributed by atoms with Crippen LogP contribution in [0.1, 0.15) is 17.7 Å². The van der Waals surface area contributed by atoms with Gasteiger partial charge in [0.15, 0.2) is 11.5 Å². The average Bonchev–Trinajstić information content (AvgIpc) is 3.22. The van der Waals surface area contributed by atoms with Gasteiger partial charge < -0.3 is 24.4 Å². The molecule has 2 aromatic rings. The number of nitrogens with zero attached hydrogens (tertiary/aromatic N) is 1. The van der Waals surface area contributed by atoms with Gasteiger partial charge in [0.05, 0.1) is 14.2 Å². The number of carbonyl (C=O) groups is 1. The minimum Gasteiger partial charge on any atom is -0.493 e. The predicted molar refractivity (Wildman–Crippen MR) is 107 cm³/mol. The Morgan fingerprint density at radius 2 is 2.00 bits per heavy atom. The third-order valence-corrected chi connectivity index (χ3v) is 5.64. The Hall–Kier alpha value is -2.25. The lowest BCUT2D eigenvalue weighted by molar-refractivity contribution is 0.0484. The van der Waals surface area contributed by atoms with Crippen LogP contribution in [0.4, 0.5) is 10.5 Å². The lowest BCUT2D eigenvalue weighted by Crippen LogP contribution is -2.46. The van der Waals surface area contributed by atoms with Gasteiger partial charge in [0.2, 0.25) is 0 Å². The minimum atomic E-state index is -0.0920. The van der Waals surface area contributed by atoms with Gasteiger partial charge in [-0.25, -0.2) is 4.79 Å². The molecule has 0 atom stereocenters. The molecule has 0 spiro atoms. The number of urea groups is 1. The van der Waals surface area contributed by atoms with Crippen LogP contribution in [0.3, 0.4) is 0 Å². The Balaban J connectivity index is 1.71. The molecule has 0 saturated carbocycles. The molecular weight excluding hydrogens is 364 g/mol. The van der Waals surface area contributed by atoms with Crippen molar-refractivity contribution in [2.24, 2.45) is 0 Å². The van der Waals surface area contributed by atoms with Gasteiger partial charge in [-0.3, -0.25) is 0 Å². The first-order valence-corrected chi connectivity index (χ1v) is 9.99. The quantitative estimate of drug-likeness (QED) is 0.776. The summed E-state index contributed by atoms with van der Waals surface area (Å²) < 4.78 is 16.1. The Bertz CT molecular complexity index is 730. The SMILES string of the molecule is COc1ccc(NC(=O)N(CCc2cccs2)C2CCOCC2)cc1OC. The van der Waals surface area contributed by atoms with Crippen molar-refractivity contribution in [3.8, 4) is 11.5 Å². The van der Waals surface area contributed by atoms with Crippen LogP contribution in [0.5, 0.6) is 11.5 Å². The molecule has 0 unspecified atom stereocenters. The van der Waals surface area contributed by atoms with E-state index in [0.29, 0.717) is 36.9 Å². The number of nitrogens with one attached hydrogen (secondary N) is 1. The predicted octanol–water partition coefficient (Wildman–Crippen LogP) is 4.02. The Kier molecular flexibility index (Phi) is 6.95. The molecule has 1 N–H and O–H groups in total. The zero-order valence-electron chi connectivity index (χ0n) is 15.8. The zero-order chi connectivity index (χ0) is 19.1. The van der Waals surface area contributed by atoms with E-state index < -0.39 is 0 Å². The van der Waals surface area contributed by atoms with Crippen molar-refractivity contribution in [1.82, 2.24) is 4.90 Å². The monoisotopic (exact) mass is 390 g/mol. The summed E-state index contributed by atoms with van der Waals surface area (Å²) in [6.45, 7) is 2.08. The van der Waals surface area contributed by atoms with E-state index in [4.69, 9.17) is 14.2 Å². The first kappa shape index (κ1) is 19.5. The minimum absolute atomic E-state index is 0.0920. The molecule has 2 amide bonds. The molecule has 0 aliphatic carbocycles. The number of hydrogen-bond donors (Lipinski definition) is 1. The Labute approximate surface area is 164 Å². The molecular formula is C20H26N2O4S. The van der Waals surface area contributed by atoms with E-state index in [9.17, 15) is 4.79 Å². The van der Waals surface area contributed by atoms with Crippen LogP contribution in [-0.2, 0) is 11.2 Å². The second-order valence-corrected chi connectivity index (χ2v) is 7.40. The number of carbonyl (C=O) groups excluding carboxylic acids is 1. The standard InChI is InChI=1S/C20H26N2O4S/c1-24-18-6-5-15(14-19(18)25-2)21-20(23)22(16-8-11-26-12-9-16)10-7-17-4-3-13-27-17/h3-6,13-14,16H,7-12H2,1-2H3,(H,21,23). The summed E-state index contributed by atoms with van der Waals surface area (Å²) in [4.78, 5) is 16.3. The fourth-order valence-corrected chi connectivity index (χ4v) is 3.94. The molecule has 3 rings (SSSR count). The summed E-state index contributed by atoms with van der Waals surface area (Å²) in [5.41, 5.74) is 0.686. The fourth-order valence-electron chi connectivity index (χ4n) is 3.24. The fraction of sp³-hybridized carbons (Fsp3) is 0.450. The van der Waals surface area contributed by atoms with Gasteiger partial charge in [-0.2, -0.15) is 0 Å². The lowest BCUT2D eigenvalue weighted by atomic mass is 10.1. The normalized spacial score (nSPS) is 14.6. The van der Waals surface area contributed by atoms with E-state index >= 15 is 0 Å². The molecule has 1 fully saturated rings. The maximum Gasteiger partial charge on any atom is 0.322 e. The van der Waals surface area contributed by atoms with Crippen LogP contribution < -0.4 is 14.8 Å². The highest BCUT2D eigenvalue weighted by Crippen LogP contribution is 2.30.